The van der Waals surface area contributed by atoms with Gasteiger partial charge in [-0.2, -0.15) is 0 Å². The first kappa shape index (κ1) is 42.4. The van der Waals surface area contributed by atoms with Gasteiger partial charge in [0.1, 0.15) is 11.6 Å². The third-order valence-corrected chi connectivity index (χ3v) is 12.6. The van der Waals surface area contributed by atoms with Crippen LogP contribution in [-0.2, 0) is 10.8 Å². The summed E-state index contributed by atoms with van der Waals surface area (Å²) in [5.74, 6) is 1.39. The highest BCUT2D eigenvalue weighted by atomic mass is 16.3. The summed E-state index contributed by atoms with van der Waals surface area (Å²) in [6.45, 7) is 26.7. The number of pyridine rings is 1. The fraction of sp³-hybridized carbons (Fsp3) is 0.276. The Morgan fingerprint density at radius 1 is 0.548 bits per heavy atom. The average molecular weight is 816 g/mol. The lowest BCUT2D eigenvalue weighted by atomic mass is 9.83. The Balaban J connectivity index is 1.38. The second-order valence-corrected chi connectivity index (χ2v) is 19.9. The van der Waals surface area contributed by atoms with E-state index in [2.05, 4.69) is 215 Å². The van der Waals surface area contributed by atoms with Crippen LogP contribution in [0.15, 0.2) is 134 Å². The van der Waals surface area contributed by atoms with Gasteiger partial charge in [0.15, 0.2) is 0 Å². The molecule has 0 unspecified atom stereocenters. The van der Waals surface area contributed by atoms with Crippen LogP contribution in [0.5, 0.6) is 5.75 Å². The molecule has 0 spiro atoms. The molecule has 0 aliphatic carbocycles. The fourth-order valence-corrected chi connectivity index (χ4v) is 8.58. The van der Waals surface area contributed by atoms with Crippen LogP contribution in [-0.4, -0.2) is 19.6 Å². The van der Waals surface area contributed by atoms with Crippen LogP contribution in [0.1, 0.15) is 114 Å². The Bertz CT molecular complexity index is 2940. The standard InChI is InChI=1S/C58H61N3O/c1-35(2)42-31-49(36(3)4)55(62)51(32-42)56-60-54-48(19-16-20-53(54)61(56)47-27-37(5)38(6)50(34-47)40-17-14-13-15-18-40)43-28-44(30-46(29-43)58(10,11)12)52-33-41(25-26-59-52)39-21-23-45(24-22-39)57(7,8)9/h13-36,62H,1-12H3. The maximum absolute atomic E-state index is 12.2. The largest absolute Gasteiger partial charge is 0.507 e. The van der Waals surface area contributed by atoms with Crippen LogP contribution >= 0.6 is 0 Å². The Morgan fingerprint density at radius 3 is 1.90 bits per heavy atom. The van der Waals surface area contributed by atoms with E-state index in [1.807, 2.05) is 6.20 Å². The number of para-hydroxylation sites is 1. The van der Waals surface area contributed by atoms with E-state index in [0.717, 1.165) is 61.6 Å². The van der Waals surface area contributed by atoms with E-state index in [4.69, 9.17) is 9.97 Å². The lowest BCUT2D eigenvalue weighted by Gasteiger charge is -2.22. The minimum absolute atomic E-state index is 0.0882. The summed E-state index contributed by atoms with van der Waals surface area (Å²) < 4.78 is 2.27. The van der Waals surface area contributed by atoms with Crippen molar-refractivity contribution in [3.63, 3.8) is 0 Å². The van der Waals surface area contributed by atoms with E-state index in [-0.39, 0.29) is 28.4 Å². The van der Waals surface area contributed by atoms with Crippen LogP contribution < -0.4 is 0 Å². The zero-order chi connectivity index (χ0) is 44.2. The predicted octanol–water partition coefficient (Wildman–Crippen LogP) is 15.9. The monoisotopic (exact) mass is 815 g/mol. The summed E-state index contributed by atoms with van der Waals surface area (Å²) in [6.07, 6.45) is 1.93. The van der Waals surface area contributed by atoms with Gasteiger partial charge in [0, 0.05) is 23.0 Å². The van der Waals surface area contributed by atoms with E-state index in [1.54, 1.807) is 0 Å². The van der Waals surface area contributed by atoms with Gasteiger partial charge < -0.3 is 5.11 Å². The number of aromatic hydroxyl groups is 1. The fourth-order valence-electron chi connectivity index (χ4n) is 8.58. The number of rotatable bonds is 8. The van der Waals surface area contributed by atoms with E-state index in [1.165, 1.54) is 44.5 Å². The number of hydrogen-bond acceptors (Lipinski definition) is 3. The quantitative estimate of drug-likeness (QED) is 0.166. The lowest BCUT2D eigenvalue weighted by Crippen LogP contribution is -2.11. The summed E-state index contributed by atoms with van der Waals surface area (Å²) in [7, 11) is 0. The van der Waals surface area contributed by atoms with Crippen molar-refractivity contribution in [2.75, 3.05) is 0 Å². The highest BCUT2D eigenvalue weighted by Gasteiger charge is 2.25. The van der Waals surface area contributed by atoms with Gasteiger partial charge in [-0.3, -0.25) is 9.55 Å². The van der Waals surface area contributed by atoms with Crippen molar-refractivity contribution in [3.05, 3.63) is 167 Å². The van der Waals surface area contributed by atoms with Gasteiger partial charge in [0.25, 0.3) is 0 Å². The minimum atomic E-state index is -0.132. The minimum Gasteiger partial charge on any atom is -0.507 e. The highest BCUT2D eigenvalue weighted by molar-refractivity contribution is 5.97. The first-order valence-electron chi connectivity index (χ1n) is 22.2. The molecule has 0 amide bonds. The van der Waals surface area contributed by atoms with Crippen molar-refractivity contribution in [3.8, 4) is 67.5 Å². The number of hydrogen-bond donors (Lipinski definition) is 1. The highest BCUT2D eigenvalue weighted by Crippen LogP contribution is 2.44. The number of fused-ring (bicyclic) bond motifs is 1. The Morgan fingerprint density at radius 2 is 1.24 bits per heavy atom. The zero-order valence-corrected chi connectivity index (χ0v) is 38.6. The molecular weight excluding hydrogens is 755 g/mol. The molecule has 4 heteroatoms. The molecule has 0 atom stereocenters. The Labute approximate surface area is 369 Å². The van der Waals surface area contributed by atoms with Gasteiger partial charge in [-0.05, 0) is 146 Å². The third kappa shape index (κ3) is 8.11. The number of benzene rings is 6. The van der Waals surface area contributed by atoms with Gasteiger partial charge >= 0.3 is 0 Å². The topological polar surface area (TPSA) is 50.9 Å². The maximum atomic E-state index is 12.2. The molecule has 314 valence electrons. The summed E-state index contributed by atoms with van der Waals surface area (Å²) in [4.78, 5) is 10.6. The lowest BCUT2D eigenvalue weighted by molar-refractivity contribution is 0.466. The number of imidazole rings is 1. The number of nitrogens with zero attached hydrogens (tertiary/aromatic N) is 3. The van der Waals surface area contributed by atoms with Crippen molar-refractivity contribution < 1.29 is 5.11 Å². The van der Waals surface area contributed by atoms with Gasteiger partial charge in [0.05, 0.1) is 22.3 Å². The van der Waals surface area contributed by atoms with Gasteiger partial charge in [-0.1, -0.05) is 148 Å². The van der Waals surface area contributed by atoms with Gasteiger partial charge in [-0.15, -0.1) is 0 Å². The van der Waals surface area contributed by atoms with Crippen LogP contribution in [0.25, 0.3) is 72.7 Å². The van der Waals surface area contributed by atoms with E-state index in [9.17, 15) is 5.11 Å². The van der Waals surface area contributed by atoms with Crippen molar-refractivity contribution in [1.29, 1.82) is 0 Å². The molecule has 0 fully saturated rings. The van der Waals surface area contributed by atoms with Crippen LogP contribution in [0.3, 0.4) is 0 Å². The predicted molar refractivity (Wildman–Crippen MR) is 263 cm³/mol. The second-order valence-electron chi connectivity index (χ2n) is 19.9. The van der Waals surface area contributed by atoms with Crippen molar-refractivity contribution in [2.45, 2.75) is 106 Å². The molecule has 0 saturated heterocycles. The molecule has 0 aliphatic heterocycles. The van der Waals surface area contributed by atoms with Crippen molar-refractivity contribution in [2.24, 2.45) is 0 Å². The first-order valence-corrected chi connectivity index (χ1v) is 22.2. The molecule has 0 aliphatic rings. The zero-order valence-electron chi connectivity index (χ0n) is 38.6. The molecule has 8 aromatic rings. The van der Waals surface area contributed by atoms with E-state index >= 15 is 0 Å². The molecule has 0 radical (unpaired) electrons. The summed E-state index contributed by atoms with van der Waals surface area (Å²) in [5, 5.41) is 12.2. The smallest absolute Gasteiger partial charge is 0.149 e. The number of phenolic OH excluding ortho intramolecular Hbond substituents is 1. The van der Waals surface area contributed by atoms with E-state index < -0.39 is 0 Å². The van der Waals surface area contributed by atoms with Gasteiger partial charge in [0.2, 0.25) is 0 Å². The molecule has 0 saturated carbocycles. The normalized spacial score (nSPS) is 12.2. The first-order chi connectivity index (χ1) is 29.4. The second kappa shape index (κ2) is 16.2. The molecule has 62 heavy (non-hydrogen) atoms. The molecule has 2 heterocycles. The average Bonchev–Trinajstić information content (AvgIpc) is 3.64. The van der Waals surface area contributed by atoms with Crippen molar-refractivity contribution >= 4 is 11.0 Å². The Hall–Kier alpha value is -6.26. The molecule has 1 N–H and O–H groups in total. The van der Waals surface area contributed by atoms with Crippen LogP contribution in [0, 0.1) is 13.8 Å². The molecular formula is C58H61N3O. The molecule has 0 bridgehead atoms. The summed E-state index contributed by atoms with van der Waals surface area (Å²) in [5.41, 5.74) is 19.3. The van der Waals surface area contributed by atoms with Crippen molar-refractivity contribution in [1.82, 2.24) is 14.5 Å². The van der Waals surface area contributed by atoms with E-state index in [0.29, 0.717) is 0 Å². The molecule has 2 aromatic heterocycles. The summed E-state index contributed by atoms with van der Waals surface area (Å²) in [6, 6.07) is 46.1. The SMILES string of the molecule is Cc1cc(-n2c(-c3cc(C(C)C)cc(C(C)C)c3O)nc3c(-c4cc(-c5cc(-c6ccc(C(C)(C)C)cc6)ccn5)cc(C(C)(C)C)c4)cccc32)cc(-c2ccccc2)c1C. The third-order valence-electron chi connectivity index (χ3n) is 12.6. The molecule has 8 rings (SSSR count). The molecule has 4 nitrogen and oxygen atoms in total. The van der Waals surface area contributed by atoms with Gasteiger partial charge in [-0.25, -0.2) is 4.98 Å². The Kier molecular flexibility index (Phi) is 11.1. The van der Waals surface area contributed by atoms with Crippen LogP contribution in [0.2, 0.25) is 0 Å². The maximum Gasteiger partial charge on any atom is 0.149 e. The number of phenols is 1. The van der Waals surface area contributed by atoms with Crippen LogP contribution in [0.4, 0.5) is 0 Å². The molecule has 6 aromatic carbocycles. The number of aryl methyl sites for hydroxylation is 1. The number of aromatic nitrogens is 3. The summed E-state index contributed by atoms with van der Waals surface area (Å²) >= 11 is 0.